The molecule has 0 aliphatic rings. The Hall–Kier alpha value is -2.90. The van der Waals surface area contributed by atoms with Crippen molar-refractivity contribution >= 4 is 17.3 Å². The van der Waals surface area contributed by atoms with E-state index in [1.165, 1.54) is 24.3 Å². The zero-order valence-electron chi connectivity index (χ0n) is 11.1. The van der Waals surface area contributed by atoms with Crippen molar-refractivity contribution < 1.29 is 14.4 Å². The molecule has 8 heteroatoms. The van der Waals surface area contributed by atoms with Crippen molar-refractivity contribution in [1.82, 2.24) is 4.98 Å². The Morgan fingerprint density at radius 3 is 2.76 bits per heavy atom. The first-order valence-corrected chi connectivity index (χ1v) is 6.04. The molecule has 1 atom stereocenters. The topological polar surface area (TPSA) is 114 Å². The average Bonchev–Trinajstić information content (AvgIpc) is 2.41. The summed E-state index contributed by atoms with van der Waals surface area (Å²) >= 11 is 0. The minimum Gasteiger partial charge on any atom is -0.508 e. The molecule has 0 spiro atoms. The molecule has 21 heavy (non-hydrogen) atoms. The standard InChI is InChI=1S/C13H13FN4O3/c1-7(9-6-8(14)2-4-11(9)19)16-12-5-3-10(18(20)21)13(15)17-12/h2-7,19H,1H3,(H3,15,16,17). The van der Waals surface area contributed by atoms with E-state index in [-0.39, 0.29) is 23.1 Å². The number of aromatic hydroxyl groups is 1. The molecule has 0 bridgehead atoms. The molecule has 1 heterocycles. The van der Waals surface area contributed by atoms with Crippen molar-refractivity contribution in [3.8, 4) is 5.75 Å². The third-order valence-corrected chi connectivity index (χ3v) is 2.92. The molecule has 2 rings (SSSR count). The number of nitro groups is 1. The number of phenolic OH excluding ortho intramolecular Hbond substituents is 1. The Morgan fingerprint density at radius 2 is 2.14 bits per heavy atom. The molecule has 110 valence electrons. The lowest BCUT2D eigenvalue weighted by Crippen LogP contribution is -2.10. The van der Waals surface area contributed by atoms with Gasteiger partial charge in [-0.3, -0.25) is 10.1 Å². The zero-order valence-corrected chi connectivity index (χ0v) is 11.1. The summed E-state index contributed by atoms with van der Waals surface area (Å²) in [5, 5.41) is 23.3. The van der Waals surface area contributed by atoms with Crippen LogP contribution in [0, 0.1) is 15.9 Å². The molecule has 1 unspecified atom stereocenters. The van der Waals surface area contributed by atoms with Crippen LogP contribution in [0.3, 0.4) is 0 Å². The Labute approximate surface area is 119 Å². The number of nitrogens with two attached hydrogens (primary N) is 1. The van der Waals surface area contributed by atoms with Crippen molar-refractivity contribution in [2.75, 3.05) is 11.1 Å². The molecular formula is C13H13FN4O3. The number of hydrogen-bond donors (Lipinski definition) is 3. The highest BCUT2D eigenvalue weighted by Crippen LogP contribution is 2.28. The second kappa shape index (κ2) is 5.61. The number of nitrogens with one attached hydrogen (secondary N) is 1. The fourth-order valence-corrected chi connectivity index (χ4v) is 1.87. The second-order valence-corrected chi connectivity index (χ2v) is 4.43. The van der Waals surface area contributed by atoms with Crippen LogP contribution in [-0.2, 0) is 0 Å². The summed E-state index contributed by atoms with van der Waals surface area (Å²) < 4.78 is 13.2. The van der Waals surface area contributed by atoms with Crippen LogP contribution < -0.4 is 11.1 Å². The smallest absolute Gasteiger partial charge is 0.311 e. The fraction of sp³-hybridized carbons (Fsp3) is 0.154. The zero-order chi connectivity index (χ0) is 15.6. The molecule has 0 saturated carbocycles. The minimum absolute atomic E-state index is 0.0636. The van der Waals surface area contributed by atoms with Gasteiger partial charge in [0, 0.05) is 11.6 Å². The Morgan fingerprint density at radius 1 is 1.43 bits per heavy atom. The first kappa shape index (κ1) is 14.5. The van der Waals surface area contributed by atoms with Gasteiger partial charge in [-0.25, -0.2) is 9.37 Å². The van der Waals surface area contributed by atoms with Crippen molar-refractivity contribution in [1.29, 1.82) is 0 Å². The molecule has 0 aliphatic heterocycles. The normalized spacial score (nSPS) is 11.9. The van der Waals surface area contributed by atoms with Crippen LogP contribution >= 0.6 is 0 Å². The molecule has 0 aliphatic carbocycles. The summed E-state index contributed by atoms with van der Waals surface area (Å²) in [5.74, 6) is -0.478. The molecule has 0 saturated heterocycles. The van der Waals surface area contributed by atoms with E-state index < -0.39 is 16.8 Å². The van der Waals surface area contributed by atoms with Gasteiger partial charge in [-0.05, 0) is 31.2 Å². The van der Waals surface area contributed by atoms with Crippen molar-refractivity contribution in [2.45, 2.75) is 13.0 Å². The van der Waals surface area contributed by atoms with Gasteiger partial charge in [0.15, 0.2) is 0 Å². The van der Waals surface area contributed by atoms with Gasteiger partial charge in [-0.2, -0.15) is 0 Å². The van der Waals surface area contributed by atoms with Crippen LogP contribution in [0.5, 0.6) is 5.75 Å². The van der Waals surface area contributed by atoms with Crippen LogP contribution in [0.15, 0.2) is 30.3 Å². The molecule has 2 aromatic rings. The number of aromatic nitrogens is 1. The molecule has 7 nitrogen and oxygen atoms in total. The number of halogens is 1. The van der Waals surface area contributed by atoms with Gasteiger partial charge >= 0.3 is 5.69 Å². The maximum absolute atomic E-state index is 13.2. The van der Waals surface area contributed by atoms with Gasteiger partial charge in [0.2, 0.25) is 5.82 Å². The summed E-state index contributed by atoms with van der Waals surface area (Å²) in [6, 6.07) is 5.74. The van der Waals surface area contributed by atoms with Crippen molar-refractivity contribution in [3.05, 3.63) is 51.8 Å². The van der Waals surface area contributed by atoms with E-state index in [4.69, 9.17) is 5.73 Å². The summed E-state index contributed by atoms with van der Waals surface area (Å²) in [7, 11) is 0. The molecule has 0 fully saturated rings. The predicted molar refractivity (Wildman–Crippen MR) is 75.4 cm³/mol. The van der Waals surface area contributed by atoms with E-state index in [9.17, 15) is 19.6 Å². The molecule has 1 aromatic carbocycles. The van der Waals surface area contributed by atoms with E-state index >= 15 is 0 Å². The summed E-state index contributed by atoms with van der Waals surface area (Å²) in [6.07, 6.45) is 0. The molecular weight excluding hydrogens is 279 g/mol. The van der Waals surface area contributed by atoms with E-state index in [0.29, 0.717) is 5.56 Å². The number of rotatable bonds is 4. The number of anilines is 2. The summed E-state index contributed by atoms with van der Waals surface area (Å²) in [6.45, 7) is 1.69. The Kier molecular flexibility index (Phi) is 3.88. The first-order valence-electron chi connectivity index (χ1n) is 6.04. The predicted octanol–water partition coefficient (Wildman–Crippen LogP) is 2.59. The number of nitrogens with zero attached hydrogens (tertiary/aromatic N) is 2. The van der Waals surface area contributed by atoms with Gasteiger partial charge in [-0.15, -0.1) is 0 Å². The van der Waals surface area contributed by atoms with Crippen LogP contribution in [0.25, 0.3) is 0 Å². The number of pyridine rings is 1. The molecule has 4 N–H and O–H groups in total. The van der Waals surface area contributed by atoms with Crippen molar-refractivity contribution in [2.24, 2.45) is 0 Å². The summed E-state index contributed by atoms with van der Waals surface area (Å²) in [4.78, 5) is 13.9. The van der Waals surface area contributed by atoms with E-state index in [1.807, 2.05) is 0 Å². The van der Waals surface area contributed by atoms with E-state index in [0.717, 1.165) is 6.07 Å². The minimum atomic E-state index is -0.631. The third kappa shape index (κ3) is 3.16. The van der Waals surface area contributed by atoms with Gasteiger partial charge < -0.3 is 16.2 Å². The lowest BCUT2D eigenvalue weighted by Gasteiger charge is -2.16. The Balaban J connectivity index is 2.23. The molecule has 0 amide bonds. The quantitative estimate of drug-likeness (QED) is 0.589. The maximum atomic E-state index is 13.2. The van der Waals surface area contributed by atoms with E-state index in [1.54, 1.807) is 6.92 Å². The first-order chi connectivity index (χ1) is 9.88. The van der Waals surface area contributed by atoms with Gasteiger partial charge in [0.05, 0.1) is 11.0 Å². The Bertz CT molecular complexity index is 693. The number of nitrogen functional groups attached to an aromatic ring is 1. The van der Waals surface area contributed by atoms with Gasteiger partial charge in [-0.1, -0.05) is 0 Å². The number of hydrogen-bond acceptors (Lipinski definition) is 6. The highest BCUT2D eigenvalue weighted by Gasteiger charge is 2.16. The SMILES string of the molecule is CC(Nc1ccc([N+](=O)[O-])c(N)n1)c1cc(F)ccc1O. The van der Waals surface area contributed by atoms with Crippen LogP contribution in [-0.4, -0.2) is 15.0 Å². The highest BCUT2D eigenvalue weighted by atomic mass is 19.1. The van der Waals surface area contributed by atoms with Crippen LogP contribution in [0.2, 0.25) is 0 Å². The lowest BCUT2D eigenvalue weighted by molar-refractivity contribution is -0.384. The second-order valence-electron chi connectivity index (χ2n) is 4.43. The van der Waals surface area contributed by atoms with Crippen molar-refractivity contribution in [3.63, 3.8) is 0 Å². The van der Waals surface area contributed by atoms with E-state index in [2.05, 4.69) is 10.3 Å². The van der Waals surface area contributed by atoms with Gasteiger partial charge in [0.1, 0.15) is 17.4 Å². The monoisotopic (exact) mass is 292 g/mol. The maximum Gasteiger partial charge on any atom is 0.311 e. The van der Waals surface area contributed by atoms with Crippen LogP contribution in [0.4, 0.5) is 21.7 Å². The highest BCUT2D eigenvalue weighted by molar-refractivity contribution is 5.57. The molecule has 0 radical (unpaired) electrons. The van der Waals surface area contributed by atoms with Crippen LogP contribution in [0.1, 0.15) is 18.5 Å². The lowest BCUT2D eigenvalue weighted by atomic mass is 10.1. The summed E-state index contributed by atoms with van der Waals surface area (Å²) in [5.41, 5.74) is 5.54. The number of phenols is 1. The largest absolute Gasteiger partial charge is 0.508 e. The average molecular weight is 292 g/mol. The third-order valence-electron chi connectivity index (χ3n) is 2.92. The fourth-order valence-electron chi connectivity index (χ4n) is 1.87. The van der Waals surface area contributed by atoms with Gasteiger partial charge in [0.25, 0.3) is 0 Å². The molecule has 1 aromatic heterocycles. The number of benzene rings is 1.